The zero-order chi connectivity index (χ0) is 6.69. The normalized spacial score (nSPS) is 9.11. The molecular formula is C6H4BrClO. The molecule has 3 heteroatoms. The zero-order valence-corrected chi connectivity index (χ0v) is 6.82. The van der Waals surface area contributed by atoms with Gasteiger partial charge in [-0.1, -0.05) is 15.9 Å². The predicted octanol–water partition coefficient (Wildman–Crippen LogP) is 2.98. The van der Waals surface area contributed by atoms with Crippen molar-refractivity contribution in [1.29, 1.82) is 0 Å². The summed E-state index contributed by atoms with van der Waals surface area (Å²) < 4.78 is 5.43. The van der Waals surface area contributed by atoms with Gasteiger partial charge in [0.1, 0.15) is 17.6 Å². The summed E-state index contributed by atoms with van der Waals surface area (Å²) in [7, 11) is 0. The second-order valence-corrected chi connectivity index (χ2v) is 2.60. The number of hydrogen-bond acceptors (Lipinski definition) is 1. The maximum absolute atomic E-state index is 5.06. The first kappa shape index (κ1) is 6.90. The van der Waals surface area contributed by atoms with E-state index >= 15 is 0 Å². The fourth-order valence-electron chi connectivity index (χ4n) is 0.486. The first-order valence-corrected chi connectivity index (χ1v) is 3.47. The summed E-state index contributed by atoms with van der Waals surface area (Å²) >= 11 is 8.34. The Labute approximate surface area is 66.9 Å². The lowest BCUT2D eigenvalue weighted by Crippen LogP contribution is -1.71. The lowest BCUT2D eigenvalue weighted by molar-refractivity contribution is 0.619. The van der Waals surface area contributed by atoms with Crippen LogP contribution in [0.25, 0.3) is 0 Å². The molecule has 0 aliphatic carbocycles. The fourth-order valence-corrected chi connectivity index (χ4v) is 0.853. The van der Waals surface area contributed by atoms with Gasteiger partial charge in [-0.3, -0.25) is 0 Å². The highest BCUT2D eigenvalue weighted by Gasteiger charge is 1.88. The van der Waals surface area contributed by atoms with Crippen LogP contribution in [0.4, 0.5) is 0 Å². The molecule has 0 aliphatic heterocycles. The lowest BCUT2D eigenvalue weighted by atomic mass is 10.3. The zero-order valence-electron chi connectivity index (χ0n) is 4.47. The van der Waals surface area contributed by atoms with Crippen molar-refractivity contribution in [2.45, 2.75) is 0 Å². The van der Waals surface area contributed by atoms with Gasteiger partial charge in [0, 0.05) is 4.47 Å². The molecule has 9 heavy (non-hydrogen) atoms. The molecule has 0 spiro atoms. The van der Waals surface area contributed by atoms with E-state index in [9.17, 15) is 0 Å². The van der Waals surface area contributed by atoms with Crippen LogP contribution in [0.1, 0.15) is 0 Å². The number of halogens is 2. The second-order valence-electron chi connectivity index (χ2n) is 1.53. The quantitative estimate of drug-likeness (QED) is 0.688. The third-order valence-electron chi connectivity index (χ3n) is 0.903. The summed E-state index contributed by atoms with van der Waals surface area (Å²) in [6.45, 7) is 0. The van der Waals surface area contributed by atoms with Gasteiger partial charge in [-0.2, -0.15) is 0 Å². The highest BCUT2D eigenvalue weighted by Crippen LogP contribution is 2.16. The average Bonchev–Trinajstić information content (AvgIpc) is 1.90. The minimum absolute atomic E-state index is 0.653. The fraction of sp³-hybridized carbons (Fsp3) is 0. The van der Waals surface area contributed by atoms with Crippen molar-refractivity contribution in [3.8, 4) is 5.75 Å². The van der Waals surface area contributed by atoms with E-state index in [-0.39, 0.29) is 0 Å². The summed E-state index contributed by atoms with van der Waals surface area (Å²) in [5, 5.41) is 0. The van der Waals surface area contributed by atoms with Crippen molar-refractivity contribution < 1.29 is 4.29 Å². The van der Waals surface area contributed by atoms with Gasteiger partial charge < -0.3 is 4.29 Å². The van der Waals surface area contributed by atoms with E-state index in [1.165, 1.54) is 0 Å². The summed E-state index contributed by atoms with van der Waals surface area (Å²) in [4.78, 5) is 0. The van der Waals surface area contributed by atoms with Gasteiger partial charge in [0.2, 0.25) is 0 Å². The molecule has 0 fully saturated rings. The van der Waals surface area contributed by atoms with Gasteiger partial charge >= 0.3 is 0 Å². The predicted molar refractivity (Wildman–Crippen MR) is 40.6 cm³/mol. The smallest absolute Gasteiger partial charge is 0.146 e. The van der Waals surface area contributed by atoms with Crippen LogP contribution >= 0.6 is 27.8 Å². The number of hydrogen-bond donors (Lipinski definition) is 0. The SMILES string of the molecule is ClOc1ccc(Br)cc1. The Morgan fingerprint density at radius 2 is 1.78 bits per heavy atom. The Hall–Kier alpha value is -0.210. The molecule has 0 saturated carbocycles. The van der Waals surface area contributed by atoms with Crippen LogP contribution < -0.4 is 4.29 Å². The van der Waals surface area contributed by atoms with E-state index in [2.05, 4.69) is 20.2 Å². The van der Waals surface area contributed by atoms with Gasteiger partial charge in [-0.15, -0.1) is 0 Å². The van der Waals surface area contributed by atoms with E-state index in [0.717, 1.165) is 4.47 Å². The Bertz CT molecular complexity index is 185. The first-order chi connectivity index (χ1) is 4.33. The van der Waals surface area contributed by atoms with Crippen LogP contribution in [0.5, 0.6) is 5.75 Å². The molecule has 48 valence electrons. The first-order valence-electron chi connectivity index (χ1n) is 2.37. The largest absolute Gasteiger partial charge is 0.386 e. The molecule has 0 atom stereocenters. The molecule has 1 nitrogen and oxygen atoms in total. The molecule has 0 radical (unpaired) electrons. The van der Waals surface area contributed by atoms with E-state index in [1.54, 1.807) is 12.1 Å². The molecule has 0 N–H and O–H groups in total. The third kappa shape index (κ3) is 1.88. The number of benzene rings is 1. The van der Waals surface area contributed by atoms with Crippen LogP contribution in [-0.2, 0) is 0 Å². The van der Waals surface area contributed by atoms with Crippen LogP contribution in [0.3, 0.4) is 0 Å². The standard InChI is InChI=1S/C6H4BrClO/c7-5-1-3-6(9-8)4-2-5/h1-4H. The summed E-state index contributed by atoms with van der Waals surface area (Å²) in [5.74, 6) is 0.653. The molecule has 0 amide bonds. The van der Waals surface area contributed by atoms with Crippen molar-refractivity contribution >= 4 is 27.8 Å². The molecule has 0 saturated heterocycles. The highest BCUT2D eigenvalue weighted by molar-refractivity contribution is 9.10. The molecule has 0 aliphatic rings. The molecule has 0 aromatic heterocycles. The van der Waals surface area contributed by atoms with Crippen LogP contribution in [0.2, 0.25) is 0 Å². The van der Waals surface area contributed by atoms with Gasteiger partial charge in [-0.05, 0) is 24.3 Å². The lowest BCUT2D eigenvalue weighted by Gasteiger charge is -1.92. The minimum Gasteiger partial charge on any atom is -0.386 e. The summed E-state index contributed by atoms with van der Waals surface area (Å²) in [6.07, 6.45) is 0. The van der Waals surface area contributed by atoms with E-state index in [1.807, 2.05) is 12.1 Å². The Balaban J connectivity index is 2.88. The molecule has 1 aromatic rings. The average molecular weight is 207 g/mol. The summed E-state index contributed by atoms with van der Waals surface area (Å²) in [6, 6.07) is 7.27. The molecule has 0 unspecified atom stereocenters. The highest BCUT2D eigenvalue weighted by atomic mass is 79.9. The monoisotopic (exact) mass is 206 g/mol. The van der Waals surface area contributed by atoms with Gasteiger partial charge in [0.25, 0.3) is 0 Å². The van der Waals surface area contributed by atoms with Crippen molar-refractivity contribution in [3.63, 3.8) is 0 Å². The van der Waals surface area contributed by atoms with Crippen molar-refractivity contribution in [2.75, 3.05) is 0 Å². The molecule has 1 aromatic carbocycles. The molecule has 0 bridgehead atoms. The van der Waals surface area contributed by atoms with Crippen molar-refractivity contribution in [2.24, 2.45) is 0 Å². The van der Waals surface area contributed by atoms with E-state index in [4.69, 9.17) is 11.9 Å². The molecular weight excluding hydrogens is 203 g/mol. The Morgan fingerprint density at radius 1 is 1.22 bits per heavy atom. The molecule has 1 rings (SSSR count). The molecule has 0 heterocycles. The van der Waals surface area contributed by atoms with E-state index < -0.39 is 0 Å². The van der Waals surface area contributed by atoms with Crippen LogP contribution in [0.15, 0.2) is 28.7 Å². The van der Waals surface area contributed by atoms with Crippen LogP contribution in [0, 0.1) is 0 Å². The van der Waals surface area contributed by atoms with Crippen molar-refractivity contribution in [1.82, 2.24) is 0 Å². The van der Waals surface area contributed by atoms with Gasteiger partial charge in [0.15, 0.2) is 0 Å². The van der Waals surface area contributed by atoms with E-state index in [0.29, 0.717) is 5.75 Å². The van der Waals surface area contributed by atoms with Crippen molar-refractivity contribution in [3.05, 3.63) is 28.7 Å². The minimum atomic E-state index is 0.653. The Kier molecular flexibility index (Phi) is 2.37. The maximum Gasteiger partial charge on any atom is 0.146 e. The number of rotatable bonds is 1. The van der Waals surface area contributed by atoms with Crippen LogP contribution in [-0.4, -0.2) is 0 Å². The second kappa shape index (κ2) is 3.08. The van der Waals surface area contributed by atoms with Gasteiger partial charge in [0.05, 0.1) is 0 Å². The topological polar surface area (TPSA) is 9.23 Å². The maximum atomic E-state index is 5.06. The van der Waals surface area contributed by atoms with Gasteiger partial charge in [-0.25, -0.2) is 0 Å². The Morgan fingerprint density at radius 3 is 2.22 bits per heavy atom. The third-order valence-corrected chi connectivity index (χ3v) is 1.61. The summed E-state index contributed by atoms with van der Waals surface area (Å²) in [5.41, 5.74) is 0.